The first-order chi connectivity index (χ1) is 17.9. The minimum atomic E-state index is -1.12. The molecule has 5 rings (SSSR count). The molecule has 1 spiro atoms. The van der Waals surface area contributed by atoms with Crippen LogP contribution in [-0.2, 0) is 43.2 Å². The average Bonchev–Trinajstić information content (AvgIpc) is 3.09. The molecular formula is C26H40N2O10. The lowest BCUT2D eigenvalue weighted by atomic mass is 9.58. The van der Waals surface area contributed by atoms with E-state index in [1.54, 1.807) is 0 Å². The number of amides is 2. The quantitative estimate of drug-likeness (QED) is 0.213. The van der Waals surface area contributed by atoms with Crippen LogP contribution in [-0.4, -0.2) is 65.4 Å². The topological polar surface area (TPSA) is 159 Å². The summed E-state index contributed by atoms with van der Waals surface area (Å²) in [5.74, 6) is -2.80. The highest BCUT2D eigenvalue weighted by molar-refractivity contribution is 5.83. The van der Waals surface area contributed by atoms with Gasteiger partial charge in [0.1, 0.15) is 6.04 Å². The summed E-state index contributed by atoms with van der Waals surface area (Å²) in [5.41, 5.74) is -0.738. The summed E-state index contributed by atoms with van der Waals surface area (Å²) in [6.45, 7) is 7.66. The number of carboxylic acid groups (broad SMARTS) is 1. The molecule has 38 heavy (non-hydrogen) atoms. The van der Waals surface area contributed by atoms with Gasteiger partial charge in [-0.3, -0.25) is 19.2 Å². The Bertz CT molecular complexity index is 930. The summed E-state index contributed by atoms with van der Waals surface area (Å²) in [7, 11) is 0. The number of carboxylic acids is 1. The van der Waals surface area contributed by atoms with E-state index in [2.05, 4.69) is 17.6 Å². The van der Waals surface area contributed by atoms with Gasteiger partial charge in [-0.05, 0) is 51.4 Å². The van der Waals surface area contributed by atoms with E-state index in [4.69, 9.17) is 29.1 Å². The molecule has 0 radical (unpaired) electrons. The third-order valence-corrected chi connectivity index (χ3v) is 8.55. The van der Waals surface area contributed by atoms with Gasteiger partial charge in [-0.2, -0.15) is 0 Å². The number of aliphatic carboxylic acids is 1. The number of rotatable bonds is 10. The Kier molecular flexibility index (Phi) is 8.65. The lowest BCUT2D eigenvalue weighted by Crippen LogP contribution is -2.70. The Morgan fingerprint density at radius 3 is 2.53 bits per heavy atom. The van der Waals surface area contributed by atoms with Gasteiger partial charge in [0.2, 0.25) is 23.9 Å². The molecule has 0 aromatic heterocycles. The van der Waals surface area contributed by atoms with Crippen molar-refractivity contribution >= 4 is 23.8 Å². The highest BCUT2D eigenvalue weighted by atomic mass is 17.3. The maximum absolute atomic E-state index is 12.6. The van der Waals surface area contributed by atoms with E-state index in [0.717, 1.165) is 19.3 Å². The van der Waals surface area contributed by atoms with E-state index in [0.29, 0.717) is 18.8 Å². The summed E-state index contributed by atoms with van der Waals surface area (Å²) in [6.07, 6.45) is 2.22. The van der Waals surface area contributed by atoms with Crippen molar-refractivity contribution in [3.05, 3.63) is 0 Å². The van der Waals surface area contributed by atoms with Gasteiger partial charge >= 0.3 is 11.9 Å². The largest absolute Gasteiger partial charge is 0.480 e. The maximum Gasteiger partial charge on any atom is 0.325 e. The number of carbonyl (C=O) groups is 4. The molecule has 0 aromatic carbocycles. The molecule has 3 N–H and O–H groups in total. The van der Waals surface area contributed by atoms with Gasteiger partial charge < -0.3 is 30.0 Å². The zero-order valence-corrected chi connectivity index (χ0v) is 22.5. The number of hydrogen-bond donors (Lipinski definition) is 3. The van der Waals surface area contributed by atoms with Gasteiger partial charge in [-0.15, -0.1) is 0 Å². The number of ether oxygens (including phenoxy) is 3. The predicted octanol–water partition coefficient (Wildman–Crippen LogP) is 2.00. The molecule has 6 unspecified atom stereocenters. The molecular weight excluding hydrogens is 500 g/mol. The van der Waals surface area contributed by atoms with E-state index in [9.17, 15) is 19.2 Å². The van der Waals surface area contributed by atoms with Crippen LogP contribution in [0.15, 0.2) is 0 Å². The van der Waals surface area contributed by atoms with Crippen LogP contribution < -0.4 is 10.6 Å². The molecule has 1 saturated carbocycles. The van der Waals surface area contributed by atoms with Gasteiger partial charge in [0, 0.05) is 37.6 Å². The Morgan fingerprint density at radius 1 is 1.03 bits per heavy atom. The summed E-state index contributed by atoms with van der Waals surface area (Å²) in [6, 6.07) is -0.971. The standard InChI is InChI=1S/C26H40N2O10/c1-14-7-8-18-15(2)23(35-24-26(18)17(14)11-12-25(4,36-24)37-38-26)34-21(31)10-9-19(29)27-13-5-6-20(30)28-16(3)22(32)33/h14-18,23-24H,5-13H2,1-4H3,(H,27,29)(H,28,30)(H,32,33)/t14-,15?,16?,17+,18?,23?,24+,25?,26?/m1/s1. The molecule has 9 atom stereocenters. The molecule has 4 aliphatic heterocycles. The molecule has 4 saturated heterocycles. The predicted molar refractivity (Wildman–Crippen MR) is 130 cm³/mol. The molecule has 5 fully saturated rings. The van der Waals surface area contributed by atoms with Crippen LogP contribution in [0, 0.1) is 23.7 Å². The van der Waals surface area contributed by atoms with Crippen molar-refractivity contribution in [3.63, 3.8) is 0 Å². The number of hydrogen-bond acceptors (Lipinski definition) is 9. The van der Waals surface area contributed by atoms with E-state index >= 15 is 0 Å². The minimum Gasteiger partial charge on any atom is -0.480 e. The third-order valence-electron chi connectivity index (χ3n) is 8.55. The second kappa shape index (κ2) is 11.4. The van der Waals surface area contributed by atoms with Crippen molar-refractivity contribution in [2.75, 3.05) is 6.54 Å². The van der Waals surface area contributed by atoms with E-state index in [1.165, 1.54) is 6.92 Å². The molecule has 5 aliphatic rings. The fourth-order valence-electron chi connectivity index (χ4n) is 6.35. The van der Waals surface area contributed by atoms with Crippen molar-refractivity contribution in [1.82, 2.24) is 10.6 Å². The van der Waals surface area contributed by atoms with Crippen LogP contribution in [0.2, 0.25) is 0 Å². The first-order valence-electron chi connectivity index (χ1n) is 13.6. The fraction of sp³-hybridized carbons (Fsp3) is 0.846. The lowest BCUT2D eigenvalue weighted by molar-refractivity contribution is -0.576. The van der Waals surface area contributed by atoms with Crippen molar-refractivity contribution in [1.29, 1.82) is 0 Å². The number of fused-ring (bicyclic) bond motifs is 2. The second-order valence-electron chi connectivity index (χ2n) is 11.3. The van der Waals surface area contributed by atoms with Crippen molar-refractivity contribution in [3.8, 4) is 0 Å². The van der Waals surface area contributed by atoms with Gasteiger partial charge in [-0.25, -0.2) is 9.78 Å². The van der Waals surface area contributed by atoms with E-state index < -0.39 is 47.9 Å². The molecule has 2 bridgehead atoms. The maximum atomic E-state index is 12.6. The summed E-state index contributed by atoms with van der Waals surface area (Å²) in [5, 5.41) is 13.8. The third kappa shape index (κ3) is 5.83. The van der Waals surface area contributed by atoms with Gasteiger partial charge in [-0.1, -0.05) is 13.8 Å². The summed E-state index contributed by atoms with van der Waals surface area (Å²) in [4.78, 5) is 59.1. The second-order valence-corrected chi connectivity index (χ2v) is 11.3. The van der Waals surface area contributed by atoms with Gasteiger partial charge in [0.15, 0.2) is 11.9 Å². The Labute approximate surface area is 222 Å². The van der Waals surface area contributed by atoms with Crippen LogP contribution in [0.5, 0.6) is 0 Å². The summed E-state index contributed by atoms with van der Waals surface area (Å²) >= 11 is 0. The van der Waals surface area contributed by atoms with Gasteiger partial charge in [0.25, 0.3) is 0 Å². The van der Waals surface area contributed by atoms with Crippen LogP contribution in [0.25, 0.3) is 0 Å². The molecule has 214 valence electrons. The molecule has 12 heteroatoms. The van der Waals surface area contributed by atoms with E-state index in [1.807, 2.05) is 13.8 Å². The first-order valence-corrected chi connectivity index (χ1v) is 13.6. The average molecular weight is 541 g/mol. The summed E-state index contributed by atoms with van der Waals surface area (Å²) < 4.78 is 18.2. The first kappa shape index (κ1) is 28.7. The highest BCUT2D eigenvalue weighted by Crippen LogP contribution is 2.60. The van der Waals surface area contributed by atoms with Crippen LogP contribution in [0.4, 0.5) is 0 Å². The number of esters is 1. The minimum absolute atomic E-state index is 0.0295. The smallest absolute Gasteiger partial charge is 0.325 e. The van der Waals surface area contributed by atoms with Crippen molar-refractivity contribution < 1.29 is 48.3 Å². The highest BCUT2D eigenvalue weighted by Gasteiger charge is 2.69. The lowest BCUT2D eigenvalue weighted by Gasteiger charge is -2.59. The van der Waals surface area contributed by atoms with E-state index in [-0.39, 0.29) is 49.5 Å². The van der Waals surface area contributed by atoms with Crippen molar-refractivity contribution in [2.24, 2.45) is 23.7 Å². The zero-order chi connectivity index (χ0) is 27.7. The monoisotopic (exact) mass is 540 g/mol. The normalized spacial score (nSPS) is 38.3. The van der Waals surface area contributed by atoms with Crippen LogP contribution >= 0.6 is 0 Å². The number of nitrogens with one attached hydrogen (secondary N) is 2. The molecule has 1 aliphatic carbocycles. The SMILES string of the molecule is CC(NC(=O)CCCNC(=O)CCC(=O)OC1O[C@H]2OC3(C)CC[C@H]4[C@H](C)CCC(C1C)C24OO3)C(=O)O. The zero-order valence-electron chi connectivity index (χ0n) is 22.5. The molecule has 2 amide bonds. The Hall–Kier alpha value is -2.28. The molecule has 12 nitrogen and oxygen atoms in total. The van der Waals surface area contributed by atoms with Crippen molar-refractivity contribution in [2.45, 2.75) is 109 Å². The van der Waals surface area contributed by atoms with Crippen LogP contribution in [0.3, 0.4) is 0 Å². The Morgan fingerprint density at radius 2 is 1.79 bits per heavy atom. The fourth-order valence-corrected chi connectivity index (χ4v) is 6.35. The number of carbonyl (C=O) groups excluding carboxylic acids is 3. The molecule has 4 heterocycles. The van der Waals surface area contributed by atoms with Crippen LogP contribution in [0.1, 0.15) is 79.1 Å². The molecule has 0 aromatic rings. The Balaban J connectivity index is 1.24. The van der Waals surface area contributed by atoms with Gasteiger partial charge in [0.05, 0.1) is 6.42 Å².